The number of hydrogen-bond acceptors (Lipinski definition) is 3. The summed E-state index contributed by atoms with van der Waals surface area (Å²) in [5, 5.41) is 6.13. The highest BCUT2D eigenvalue weighted by molar-refractivity contribution is 9.11. The highest BCUT2D eigenvalue weighted by Crippen LogP contribution is 2.21. The van der Waals surface area contributed by atoms with Crippen molar-refractivity contribution in [2.24, 2.45) is 0 Å². The largest absolute Gasteiger partial charge is 0.351 e. The summed E-state index contributed by atoms with van der Waals surface area (Å²) in [6.45, 7) is 5.57. The first-order valence-electron chi connectivity index (χ1n) is 5.36. The van der Waals surface area contributed by atoms with Crippen LogP contribution in [0.25, 0.3) is 0 Å². The summed E-state index contributed by atoms with van der Waals surface area (Å²) in [4.78, 5) is 12.7. The van der Waals surface area contributed by atoms with Gasteiger partial charge in [-0.1, -0.05) is 6.92 Å². The Hall–Kier alpha value is -0.390. The Labute approximate surface area is 109 Å². The van der Waals surface area contributed by atoms with E-state index in [0.717, 1.165) is 15.2 Å². The Kier molecular flexibility index (Phi) is 6.01. The average Bonchev–Trinajstić information content (AvgIpc) is 2.61. The van der Waals surface area contributed by atoms with Gasteiger partial charge in [-0.2, -0.15) is 0 Å². The van der Waals surface area contributed by atoms with Gasteiger partial charge >= 0.3 is 0 Å². The first kappa shape index (κ1) is 13.7. The lowest BCUT2D eigenvalue weighted by atomic mass is 10.2. The van der Waals surface area contributed by atoms with E-state index >= 15 is 0 Å². The molecule has 0 aliphatic carbocycles. The molecule has 1 rings (SSSR count). The van der Waals surface area contributed by atoms with Crippen LogP contribution in [-0.2, 0) is 11.3 Å². The van der Waals surface area contributed by atoms with Crippen LogP contribution in [0.5, 0.6) is 0 Å². The Bertz CT molecular complexity index is 340. The second kappa shape index (κ2) is 7.04. The van der Waals surface area contributed by atoms with Gasteiger partial charge in [-0.05, 0) is 41.5 Å². The van der Waals surface area contributed by atoms with Crippen molar-refractivity contribution >= 4 is 33.2 Å². The highest BCUT2D eigenvalue weighted by atomic mass is 79.9. The number of amides is 1. The fourth-order valence-electron chi connectivity index (χ4n) is 1.40. The van der Waals surface area contributed by atoms with Crippen molar-refractivity contribution in [1.82, 2.24) is 10.6 Å². The zero-order chi connectivity index (χ0) is 12.0. The first-order valence-corrected chi connectivity index (χ1v) is 6.97. The normalized spacial score (nSPS) is 12.4. The quantitative estimate of drug-likeness (QED) is 0.848. The third-order valence-corrected chi connectivity index (χ3v) is 3.76. The topological polar surface area (TPSA) is 41.1 Å². The van der Waals surface area contributed by atoms with Crippen LogP contribution >= 0.6 is 27.3 Å². The summed E-state index contributed by atoms with van der Waals surface area (Å²) >= 11 is 5.04. The molecule has 1 heterocycles. The summed E-state index contributed by atoms with van der Waals surface area (Å²) in [6, 6.07) is 4.25. The third kappa shape index (κ3) is 5.09. The molecule has 2 N–H and O–H groups in total. The lowest BCUT2D eigenvalue weighted by Gasteiger charge is -2.11. The van der Waals surface area contributed by atoms with Gasteiger partial charge in [-0.25, -0.2) is 0 Å². The zero-order valence-corrected chi connectivity index (χ0v) is 12.0. The van der Waals surface area contributed by atoms with E-state index in [1.54, 1.807) is 11.3 Å². The molecule has 0 saturated carbocycles. The van der Waals surface area contributed by atoms with Crippen molar-refractivity contribution in [2.45, 2.75) is 32.9 Å². The molecule has 0 saturated heterocycles. The van der Waals surface area contributed by atoms with Gasteiger partial charge in [0, 0.05) is 17.3 Å². The molecule has 1 unspecified atom stereocenters. The van der Waals surface area contributed by atoms with E-state index < -0.39 is 0 Å². The zero-order valence-electron chi connectivity index (χ0n) is 9.55. The van der Waals surface area contributed by atoms with Gasteiger partial charge in [0.1, 0.15) is 0 Å². The molecule has 0 radical (unpaired) electrons. The molecular formula is C11H17BrN2OS. The number of nitrogens with one attached hydrogen (secondary N) is 2. The number of halogens is 1. The number of rotatable bonds is 6. The van der Waals surface area contributed by atoms with E-state index in [4.69, 9.17) is 0 Å². The molecule has 3 nitrogen and oxygen atoms in total. The van der Waals surface area contributed by atoms with Crippen LogP contribution in [0.1, 0.15) is 25.1 Å². The smallest absolute Gasteiger partial charge is 0.221 e. The van der Waals surface area contributed by atoms with E-state index in [2.05, 4.69) is 26.6 Å². The van der Waals surface area contributed by atoms with E-state index in [1.807, 2.05) is 26.0 Å². The summed E-state index contributed by atoms with van der Waals surface area (Å²) in [5.74, 6) is 0.0953. The fourth-order valence-corrected chi connectivity index (χ4v) is 2.83. The average molecular weight is 305 g/mol. The Balaban J connectivity index is 2.25. The van der Waals surface area contributed by atoms with Gasteiger partial charge in [0.25, 0.3) is 0 Å². The van der Waals surface area contributed by atoms with Gasteiger partial charge in [0.05, 0.1) is 10.3 Å². The second-order valence-corrected chi connectivity index (χ2v) is 6.19. The Morgan fingerprint density at radius 1 is 1.56 bits per heavy atom. The number of hydrogen-bond donors (Lipinski definition) is 2. The van der Waals surface area contributed by atoms with Crippen molar-refractivity contribution in [3.63, 3.8) is 0 Å². The van der Waals surface area contributed by atoms with E-state index in [1.165, 1.54) is 0 Å². The predicted molar refractivity (Wildman–Crippen MR) is 71.6 cm³/mol. The summed E-state index contributed by atoms with van der Waals surface area (Å²) in [6.07, 6.45) is 0.528. The van der Waals surface area contributed by atoms with Crippen molar-refractivity contribution < 1.29 is 4.79 Å². The van der Waals surface area contributed by atoms with Crippen molar-refractivity contribution in [1.29, 1.82) is 0 Å². The molecule has 16 heavy (non-hydrogen) atoms. The number of carbonyl (C=O) groups is 1. The van der Waals surface area contributed by atoms with Crippen LogP contribution < -0.4 is 10.6 Å². The van der Waals surface area contributed by atoms with Crippen LogP contribution in [0.2, 0.25) is 0 Å². The van der Waals surface area contributed by atoms with Gasteiger partial charge in [0.2, 0.25) is 5.91 Å². The van der Waals surface area contributed by atoms with Gasteiger partial charge in [-0.15, -0.1) is 11.3 Å². The predicted octanol–water partition coefficient (Wildman–Crippen LogP) is 2.51. The lowest BCUT2D eigenvalue weighted by Crippen LogP contribution is -2.33. The molecule has 1 aromatic heterocycles. The molecule has 1 atom stereocenters. The Morgan fingerprint density at radius 3 is 2.88 bits per heavy atom. The summed E-state index contributed by atoms with van der Waals surface area (Å²) in [5.41, 5.74) is 0. The van der Waals surface area contributed by atoms with E-state index in [0.29, 0.717) is 13.0 Å². The highest BCUT2D eigenvalue weighted by Gasteiger charge is 2.07. The lowest BCUT2D eigenvalue weighted by molar-refractivity contribution is -0.121. The molecule has 1 amide bonds. The minimum Gasteiger partial charge on any atom is -0.351 e. The molecule has 0 bridgehead atoms. The van der Waals surface area contributed by atoms with Gasteiger partial charge < -0.3 is 10.6 Å². The van der Waals surface area contributed by atoms with Crippen molar-refractivity contribution in [3.8, 4) is 0 Å². The minimum absolute atomic E-state index is 0.0953. The molecule has 90 valence electrons. The molecular weight excluding hydrogens is 288 g/mol. The fraction of sp³-hybridized carbons (Fsp3) is 0.545. The summed E-state index contributed by atoms with van der Waals surface area (Å²) < 4.78 is 1.10. The van der Waals surface area contributed by atoms with Crippen LogP contribution in [0, 0.1) is 0 Å². The molecule has 0 aromatic carbocycles. The van der Waals surface area contributed by atoms with Crippen LogP contribution in [0.3, 0.4) is 0 Å². The molecule has 0 aliphatic rings. The molecule has 0 spiro atoms. The van der Waals surface area contributed by atoms with Gasteiger partial charge in [0.15, 0.2) is 0 Å². The van der Waals surface area contributed by atoms with Crippen LogP contribution in [-0.4, -0.2) is 18.5 Å². The number of carbonyl (C=O) groups excluding carboxylic acids is 1. The maximum atomic E-state index is 11.6. The summed E-state index contributed by atoms with van der Waals surface area (Å²) in [7, 11) is 0. The van der Waals surface area contributed by atoms with Crippen molar-refractivity contribution in [3.05, 3.63) is 20.8 Å². The monoisotopic (exact) mass is 304 g/mol. The standard InChI is InChI=1S/C11H17BrN2OS/c1-3-13-8(2)6-11(15)14-7-9-4-5-10(12)16-9/h4-5,8,13H,3,6-7H2,1-2H3,(H,14,15). The van der Waals surface area contributed by atoms with Gasteiger partial charge in [-0.3, -0.25) is 4.79 Å². The maximum Gasteiger partial charge on any atom is 0.221 e. The first-order chi connectivity index (χ1) is 7.61. The van der Waals surface area contributed by atoms with Crippen molar-refractivity contribution in [2.75, 3.05) is 6.54 Å². The Morgan fingerprint density at radius 2 is 2.31 bits per heavy atom. The molecule has 1 aromatic rings. The maximum absolute atomic E-state index is 11.6. The SMILES string of the molecule is CCNC(C)CC(=O)NCc1ccc(Br)s1. The molecule has 5 heteroatoms. The minimum atomic E-state index is 0.0953. The van der Waals surface area contributed by atoms with E-state index in [-0.39, 0.29) is 11.9 Å². The third-order valence-electron chi connectivity index (χ3n) is 2.13. The van der Waals surface area contributed by atoms with Crippen LogP contribution in [0.4, 0.5) is 0 Å². The molecule has 0 aliphatic heterocycles. The van der Waals surface area contributed by atoms with Crippen LogP contribution in [0.15, 0.2) is 15.9 Å². The molecule has 0 fully saturated rings. The number of thiophene rings is 1. The van der Waals surface area contributed by atoms with E-state index in [9.17, 15) is 4.79 Å². The second-order valence-electron chi connectivity index (χ2n) is 3.65.